The molecule has 0 bridgehead atoms. The number of carbonyl (C=O) groups excluding carboxylic acids is 2. The van der Waals surface area contributed by atoms with Crippen LogP contribution in [0.1, 0.15) is 91.6 Å². The molecule has 3 heterocycles. The Morgan fingerprint density at radius 2 is 1.90 bits per heavy atom. The number of allylic oxidation sites excluding steroid dienone is 1. The number of benzene rings is 2. The van der Waals surface area contributed by atoms with Crippen LogP contribution in [0.5, 0.6) is 5.75 Å². The molecule has 2 saturated carbocycles. The van der Waals surface area contributed by atoms with Crippen molar-refractivity contribution in [3.8, 4) is 17.0 Å². The number of amides is 2. The summed E-state index contributed by atoms with van der Waals surface area (Å²) in [7, 11) is 3.60. The summed E-state index contributed by atoms with van der Waals surface area (Å²) in [5.74, 6) is 1.16. The third kappa shape index (κ3) is 3.92. The number of aromatic nitrogens is 1. The van der Waals surface area contributed by atoms with Crippen LogP contribution in [0.3, 0.4) is 0 Å². The summed E-state index contributed by atoms with van der Waals surface area (Å²) in [4.78, 5) is 29.1. The summed E-state index contributed by atoms with van der Waals surface area (Å²) in [6.07, 6.45) is 10.7. The molecular formula is C34H40N4O3. The molecule has 2 aromatic carbocycles. The lowest BCUT2D eigenvalue weighted by Gasteiger charge is -2.29. The number of likely N-dealkylation sites (tertiary alicyclic amines) is 1. The van der Waals surface area contributed by atoms with E-state index in [1.807, 2.05) is 31.4 Å². The van der Waals surface area contributed by atoms with Gasteiger partial charge in [0.05, 0.1) is 18.2 Å². The summed E-state index contributed by atoms with van der Waals surface area (Å²) in [5.41, 5.74) is 12.8. The average Bonchev–Trinajstić information content (AvgIpc) is 3.52. The zero-order chi connectivity index (χ0) is 28.5. The van der Waals surface area contributed by atoms with Crippen molar-refractivity contribution in [1.82, 2.24) is 14.8 Å². The lowest BCUT2D eigenvalue weighted by molar-refractivity contribution is -0.136. The Morgan fingerprint density at radius 3 is 2.63 bits per heavy atom. The van der Waals surface area contributed by atoms with Crippen molar-refractivity contribution >= 4 is 22.7 Å². The molecule has 3 unspecified atom stereocenters. The summed E-state index contributed by atoms with van der Waals surface area (Å²) in [6.45, 7) is 2.75. The Labute approximate surface area is 241 Å². The predicted octanol–water partition coefficient (Wildman–Crippen LogP) is 6.02. The normalized spacial score (nSPS) is 26.3. The highest BCUT2D eigenvalue weighted by Crippen LogP contribution is 2.66. The molecule has 41 heavy (non-hydrogen) atoms. The maximum Gasteiger partial charge on any atom is 0.248 e. The molecule has 3 fully saturated rings. The summed E-state index contributed by atoms with van der Waals surface area (Å²) < 4.78 is 8.09. The lowest BCUT2D eigenvalue weighted by Crippen LogP contribution is -2.41. The quantitative estimate of drug-likeness (QED) is 0.405. The van der Waals surface area contributed by atoms with Gasteiger partial charge in [0.1, 0.15) is 5.75 Å². The van der Waals surface area contributed by atoms with Gasteiger partial charge in [0.25, 0.3) is 0 Å². The first-order chi connectivity index (χ1) is 19.9. The number of ether oxygens (including phenoxy) is 1. The highest BCUT2D eigenvalue weighted by molar-refractivity contribution is 6.01. The van der Waals surface area contributed by atoms with Crippen LogP contribution < -0.4 is 15.8 Å². The number of carbonyl (C=O) groups is 2. The van der Waals surface area contributed by atoms with E-state index in [0.29, 0.717) is 18.0 Å². The van der Waals surface area contributed by atoms with Gasteiger partial charge in [-0.15, -0.1) is 0 Å². The molecule has 3 N–H and O–H groups in total. The van der Waals surface area contributed by atoms with Crippen LogP contribution in [-0.4, -0.2) is 41.5 Å². The number of nitrogens with two attached hydrogens (primary N) is 1. The van der Waals surface area contributed by atoms with E-state index in [4.69, 9.17) is 10.5 Å². The second-order valence-electron chi connectivity index (χ2n) is 12.6. The second-order valence-corrected chi connectivity index (χ2v) is 12.6. The first-order valence-electron chi connectivity index (χ1n) is 15.2. The van der Waals surface area contributed by atoms with Crippen molar-refractivity contribution in [2.75, 3.05) is 14.2 Å². The third-order valence-corrected chi connectivity index (χ3v) is 10.3. The minimum atomic E-state index is -0.559. The average molecular weight is 553 g/mol. The molecule has 3 atom stereocenters. The first kappa shape index (κ1) is 26.2. The first-order valence-corrected chi connectivity index (χ1v) is 15.2. The molecule has 3 aromatic rings. The molecule has 7 heteroatoms. The van der Waals surface area contributed by atoms with Gasteiger partial charge in [-0.2, -0.15) is 0 Å². The van der Waals surface area contributed by atoms with E-state index in [1.54, 1.807) is 7.11 Å². The van der Waals surface area contributed by atoms with Crippen molar-refractivity contribution in [2.24, 2.45) is 11.1 Å². The minimum Gasteiger partial charge on any atom is -0.497 e. The van der Waals surface area contributed by atoms with E-state index >= 15 is 0 Å². The van der Waals surface area contributed by atoms with Crippen molar-refractivity contribution < 1.29 is 14.3 Å². The molecular weight excluding hydrogens is 512 g/mol. The van der Waals surface area contributed by atoms with Crippen molar-refractivity contribution in [3.05, 3.63) is 65.0 Å². The predicted molar refractivity (Wildman–Crippen MR) is 161 cm³/mol. The Morgan fingerprint density at radius 1 is 1.10 bits per heavy atom. The number of methoxy groups -OCH3 is 1. The number of nitrogens with zero attached hydrogens (tertiary/aromatic N) is 2. The van der Waals surface area contributed by atoms with E-state index in [2.05, 4.69) is 39.9 Å². The van der Waals surface area contributed by atoms with E-state index in [0.717, 1.165) is 49.1 Å². The topological polar surface area (TPSA) is 89.6 Å². The maximum absolute atomic E-state index is 14.7. The monoisotopic (exact) mass is 552 g/mol. The molecule has 2 amide bonds. The summed E-state index contributed by atoms with van der Waals surface area (Å²) in [6, 6.07) is 12.5. The fraction of sp³-hybridized carbons (Fsp3) is 0.471. The molecule has 1 aromatic heterocycles. The number of fused-ring (bicyclic) bond motifs is 7. The second kappa shape index (κ2) is 9.68. The van der Waals surface area contributed by atoms with E-state index < -0.39 is 11.3 Å². The molecule has 4 aliphatic rings. The summed E-state index contributed by atoms with van der Waals surface area (Å²) in [5, 5.41) is 4.35. The molecule has 0 radical (unpaired) electrons. The smallest absolute Gasteiger partial charge is 0.248 e. The molecule has 0 spiro atoms. The van der Waals surface area contributed by atoms with Gasteiger partial charge >= 0.3 is 0 Å². The molecule has 2 aliphatic carbocycles. The van der Waals surface area contributed by atoms with Crippen LogP contribution in [0, 0.1) is 5.41 Å². The van der Waals surface area contributed by atoms with Gasteiger partial charge in [0.2, 0.25) is 11.8 Å². The molecule has 1 saturated heterocycles. The van der Waals surface area contributed by atoms with E-state index in [-0.39, 0.29) is 17.9 Å². The van der Waals surface area contributed by atoms with Crippen LogP contribution in [0.15, 0.2) is 48.3 Å². The van der Waals surface area contributed by atoms with Crippen LogP contribution in [0.4, 0.5) is 0 Å². The van der Waals surface area contributed by atoms with Gasteiger partial charge in [-0.05, 0) is 86.4 Å². The molecule has 7 nitrogen and oxygen atoms in total. The Bertz CT molecular complexity index is 1600. The zero-order valence-corrected chi connectivity index (χ0v) is 24.3. The van der Waals surface area contributed by atoms with Crippen molar-refractivity contribution in [1.29, 1.82) is 0 Å². The van der Waals surface area contributed by atoms with Crippen molar-refractivity contribution in [3.63, 3.8) is 0 Å². The molecule has 2 aliphatic heterocycles. The zero-order valence-electron chi connectivity index (χ0n) is 24.3. The number of nitrogens with one attached hydrogen (secondary N) is 1. The number of rotatable bonds is 5. The van der Waals surface area contributed by atoms with Gasteiger partial charge in [0.15, 0.2) is 0 Å². The van der Waals surface area contributed by atoms with Crippen LogP contribution in [0.25, 0.3) is 22.2 Å². The van der Waals surface area contributed by atoms with E-state index in [1.165, 1.54) is 47.0 Å². The van der Waals surface area contributed by atoms with Gasteiger partial charge < -0.3 is 25.3 Å². The minimum absolute atomic E-state index is 0.109. The number of primary amides is 1. The van der Waals surface area contributed by atoms with Gasteiger partial charge in [0, 0.05) is 59.5 Å². The number of hydrogen-bond acceptors (Lipinski definition) is 4. The SMILES string of the molecule is CN/C=C1\CCC(C)N1C(=O)C12CC1c1cc(OC)ccc1-c1c(C3CCCCC3)c3ccc(C(N)=O)cc3n1C2. The van der Waals surface area contributed by atoms with E-state index in [9.17, 15) is 9.59 Å². The Hall–Kier alpha value is -3.74. The van der Waals surface area contributed by atoms with Crippen LogP contribution >= 0.6 is 0 Å². The highest BCUT2D eigenvalue weighted by Gasteiger charge is 2.64. The number of hydrogen-bond donors (Lipinski definition) is 2. The largest absolute Gasteiger partial charge is 0.497 e. The summed E-state index contributed by atoms with van der Waals surface area (Å²) >= 11 is 0. The van der Waals surface area contributed by atoms with Gasteiger partial charge in [-0.1, -0.05) is 25.3 Å². The third-order valence-electron chi connectivity index (χ3n) is 10.3. The fourth-order valence-corrected chi connectivity index (χ4v) is 8.20. The van der Waals surface area contributed by atoms with Crippen LogP contribution in [0.2, 0.25) is 0 Å². The standard InChI is InChI=1S/C34H40N4O3/c1-20-9-11-23(18-36-2)38(20)33(40)34-17-28(34)27-16-24(41-3)12-14-25(27)31-30(21-7-5-4-6-8-21)26-13-10-22(32(35)39)15-29(26)37(31)19-34/h10,12-16,18,20-21,28,36H,4-9,11,17,19H2,1-3H3,(H2,35,39)/b23-18+. The Balaban J connectivity index is 1.48. The van der Waals surface area contributed by atoms with Gasteiger partial charge in [-0.25, -0.2) is 0 Å². The van der Waals surface area contributed by atoms with Crippen LogP contribution in [-0.2, 0) is 11.3 Å². The Kier molecular flexibility index (Phi) is 6.18. The fourth-order valence-electron chi connectivity index (χ4n) is 8.20. The maximum atomic E-state index is 14.7. The van der Waals surface area contributed by atoms with Crippen molar-refractivity contribution in [2.45, 2.75) is 82.7 Å². The molecule has 7 rings (SSSR count). The highest BCUT2D eigenvalue weighted by atomic mass is 16.5. The van der Waals surface area contributed by atoms with Gasteiger partial charge in [-0.3, -0.25) is 9.59 Å². The molecule has 214 valence electrons. The lowest BCUT2D eigenvalue weighted by atomic mass is 9.81.